The number of fused-ring (bicyclic) bond motifs is 1. The molecule has 0 radical (unpaired) electrons. The quantitative estimate of drug-likeness (QED) is 0.108. The van der Waals surface area contributed by atoms with Gasteiger partial charge in [-0.05, 0) is 97.3 Å². The van der Waals surface area contributed by atoms with Crippen LogP contribution in [0.1, 0.15) is 72.2 Å². The topological polar surface area (TPSA) is 86.7 Å². The summed E-state index contributed by atoms with van der Waals surface area (Å²) in [4.78, 5) is 52.1. The van der Waals surface area contributed by atoms with E-state index in [0.29, 0.717) is 22.1 Å². The zero-order valence-corrected chi connectivity index (χ0v) is 25.8. The molecule has 0 aliphatic carbocycles. The first-order valence-corrected chi connectivity index (χ1v) is 14.3. The number of alkyl halides is 3. The van der Waals surface area contributed by atoms with Crippen molar-refractivity contribution in [1.82, 2.24) is 0 Å². The lowest BCUT2D eigenvalue weighted by Gasteiger charge is -2.26. The van der Waals surface area contributed by atoms with E-state index in [4.69, 9.17) is 9.47 Å². The highest BCUT2D eigenvalue weighted by Crippen LogP contribution is 2.35. The number of halogens is 3. The first-order chi connectivity index (χ1) is 21.1. The molecular formula is C36H33F3O6. The standard InChI is InChI=1S/C36H33F3O6/c1-19-11-15-28(23(5)21(19)3)32(40)34(42)44-30(27-14-13-25-9-7-8-10-26(25)17-27)18-31(36(37,38)39)45-35(43)33(41)29-16-12-20(2)22(4)24(29)6/h7-17,30-31H,18H2,1-6H3. The molecule has 2 atom stereocenters. The van der Waals surface area contributed by atoms with Crippen molar-refractivity contribution in [3.05, 3.63) is 117 Å². The Morgan fingerprint density at radius 2 is 1.11 bits per heavy atom. The number of carbonyl (C=O) groups excluding carboxylic acids is 4. The summed E-state index contributed by atoms with van der Waals surface area (Å²) >= 11 is 0. The van der Waals surface area contributed by atoms with Crippen LogP contribution in [0.4, 0.5) is 13.2 Å². The fourth-order valence-electron chi connectivity index (χ4n) is 5.09. The van der Waals surface area contributed by atoms with Crippen molar-refractivity contribution in [2.75, 3.05) is 0 Å². The predicted octanol–water partition coefficient (Wildman–Crippen LogP) is 7.90. The molecule has 6 nitrogen and oxygen atoms in total. The van der Waals surface area contributed by atoms with Gasteiger partial charge in [-0.3, -0.25) is 9.59 Å². The molecular weight excluding hydrogens is 585 g/mol. The molecule has 4 aromatic rings. The van der Waals surface area contributed by atoms with Crippen LogP contribution in [0.2, 0.25) is 0 Å². The summed E-state index contributed by atoms with van der Waals surface area (Å²) in [6.45, 7) is 10.4. The Kier molecular flexibility index (Phi) is 9.61. The molecule has 0 N–H and O–H groups in total. The third-order valence-corrected chi connectivity index (χ3v) is 8.41. The number of rotatable bonds is 9. The Hall–Kier alpha value is -4.79. The van der Waals surface area contributed by atoms with E-state index in [9.17, 15) is 32.3 Å². The molecule has 0 aliphatic heterocycles. The van der Waals surface area contributed by atoms with Gasteiger partial charge >= 0.3 is 18.1 Å². The van der Waals surface area contributed by atoms with Crippen molar-refractivity contribution in [3.63, 3.8) is 0 Å². The maximum atomic E-state index is 14.4. The Balaban J connectivity index is 1.68. The molecule has 0 amide bonds. The summed E-state index contributed by atoms with van der Waals surface area (Å²) < 4.78 is 53.4. The number of benzene rings is 4. The predicted molar refractivity (Wildman–Crippen MR) is 163 cm³/mol. The molecule has 4 aromatic carbocycles. The molecule has 4 rings (SSSR count). The third kappa shape index (κ3) is 7.14. The van der Waals surface area contributed by atoms with Crippen molar-refractivity contribution < 1.29 is 41.8 Å². The third-order valence-electron chi connectivity index (χ3n) is 8.41. The molecule has 0 bridgehead atoms. The Bertz CT molecular complexity index is 1820. The van der Waals surface area contributed by atoms with Crippen molar-refractivity contribution in [3.8, 4) is 0 Å². The van der Waals surface area contributed by atoms with Crippen LogP contribution in [0.25, 0.3) is 10.8 Å². The first-order valence-electron chi connectivity index (χ1n) is 14.3. The van der Waals surface area contributed by atoms with Gasteiger partial charge in [0.15, 0.2) is 0 Å². The Labute approximate surface area is 259 Å². The molecule has 0 aromatic heterocycles. The monoisotopic (exact) mass is 618 g/mol. The zero-order valence-electron chi connectivity index (χ0n) is 25.8. The second-order valence-corrected chi connectivity index (χ2v) is 11.2. The van der Waals surface area contributed by atoms with Gasteiger partial charge in [0.25, 0.3) is 11.6 Å². The zero-order chi connectivity index (χ0) is 33.2. The second-order valence-electron chi connectivity index (χ2n) is 11.2. The highest BCUT2D eigenvalue weighted by molar-refractivity contribution is 6.41. The van der Waals surface area contributed by atoms with Gasteiger partial charge in [0, 0.05) is 17.5 Å². The molecule has 0 saturated carbocycles. The van der Waals surface area contributed by atoms with Gasteiger partial charge < -0.3 is 9.47 Å². The molecule has 0 spiro atoms. The molecule has 0 fully saturated rings. The van der Waals surface area contributed by atoms with Gasteiger partial charge in [0.1, 0.15) is 6.10 Å². The minimum atomic E-state index is -5.13. The summed E-state index contributed by atoms with van der Waals surface area (Å²) in [6.07, 6.45) is -10.7. The average Bonchev–Trinajstić information content (AvgIpc) is 3.00. The molecule has 2 unspecified atom stereocenters. The number of hydrogen-bond donors (Lipinski definition) is 0. The SMILES string of the molecule is Cc1ccc(C(=O)C(=O)OC(CC(OC(=O)C(=O)c2ccc(C)c(C)c2C)C(F)(F)F)c2ccc3ccccc3c2)c(C)c1C. The van der Waals surface area contributed by atoms with Crippen LogP contribution >= 0.6 is 0 Å². The summed E-state index contributed by atoms with van der Waals surface area (Å²) in [6, 6.07) is 17.8. The first kappa shape index (κ1) is 33.1. The van der Waals surface area contributed by atoms with Gasteiger partial charge in [-0.25, -0.2) is 9.59 Å². The van der Waals surface area contributed by atoms with Crippen molar-refractivity contribution in [1.29, 1.82) is 0 Å². The van der Waals surface area contributed by atoms with E-state index in [0.717, 1.165) is 22.1 Å². The second kappa shape index (κ2) is 13.1. The van der Waals surface area contributed by atoms with E-state index in [1.165, 1.54) is 24.3 Å². The minimum absolute atomic E-state index is 0.0634. The molecule has 0 saturated heterocycles. The lowest BCUT2D eigenvalue weighted by Crippen LogP contribution is -2.38. The van der Waals surface area contributed by atoms with Crippen LogP contribution in [-0.2, 0) is 19.1 Å². The van der Waals surface area contributed by atoms with Crippen LogP contribution in [0, 0.1) is 41.5 Å². The molecule has 9 heteroatoms. The lowest BCUT2D eigenvalue weighted by molar-refractivity contribution is -0.225. The van der Waals surface area contributed by atoms with E-state index in [1.807, 2.05) is 6.92 Å². The summed E-state index contributed by atoms with van der Waals surface area (Å²) in [5, 5.41) is 1.43. The fourth-order valence-corrected chi connectivity index (χ4v) is 5.09. The Morgan fingerprint density at radius 1 is 0.622 bits per heavy atom. The normalized spacial score (nSPS) is 12.8. The van der Waals surface area contributed by atoms with E-state index in [1.54, 1.807) is 77.1 Å². The number of Topliss-reactive ketones (excluding diaryl/α,β-unsaturated/α-hetero) is 2. The van der Waals surface area contributed by atoms with Crippen molar-refractivity contribution >= 4 is 34.3 Å². The summed E-state index contributed by atoms with van der Waals surface area (Å²) in [7, 11) is 0. The van der Waals surface area contributed by atoms with Gasteiger partial charge in [0.2, 0.25) is 6.10 Å². The summed E-state index contributed by atoms with van der Waals surface area (Å²) in [5.74, 6) is -5.32. The summed E-state index contributed by atoms with van der Waals surface area (Å²) in [5.41, 5.74) is 4.37. The molecule has 0 aliphatic rings. The van der Waals surface area contributed by atoms with E-state index >= 15 is 0 Å². The Morgan fingerprint density at radius 3 is 1.62 bits per heavy atom. The number of carbonyl (C=O) groups is 4. The average molecular weight is 619 g/mol. The lowest BCUT2D eigenvalue weighted by atomic mass is 9.96. The van der Waals surface area contributed by atoms with E-state index in [-0.39, 0.29) is 16.7 Å². The van der Waals surface area contributed by atoms with Crippen LogP contribution in [-0.4, -0.2) is 35.8 Å². The van der Waals surface area contributed by atoms with E-state index < -0.39 is 48.3 Å². The number of ketones is 2. The van der Waals surface area contributed by atoms with Gasteiger partial charge in [0.05, 0.1) is 0 Å². The highest BCUT2D eigenvalue weighted by Gasteiger charge is 2.46. The van der Waals surface area contributed by atoms with Crippen molar-refractivity contribution in [2.24, 2.45) is 0 Å². The maximum Gasteiger partial charge on any atom is 0.425 e. The van der Waals surface area contributed by atoms with E-state index in [2.05, 4.69) is 0 Å². The maximum absolute atomic E-state index is 14.4. The number of aryl methyl sites for hydroxylation is 2. The smallest absolute Gasteiger partial charge is 0.425 e. The van der Waals surface area contributed by atoms with Gasteiger partial charge in [-0.1, -0.05) is 60.7 Å². The van der Waals surface area contributed by atoms with Crippen molar-refractivity contribution in [2.45, 2.75) is 66.3 Å². The highest BCUT2D eigenvalue weighted by atomic mass is 19.4. The van der Waals surface area contributed by atoms with Gasteiger partial charge in [-0.15, -0.1) is 0 Å². The van der Waals surface area contributed by atoms with Crippen LogP contribution in [0.5, 0.6) is 0 Å². The number of ether oxygens (including phenoxy) is 2. The van der Waals surface area contributed by atoms with Crippen LogP contribution in [0.15, 0.2) is 66.7 Å². The number of hydrogen-bond acceptors (Lipinski definition) is 6. The molecule has 0 heterocycles. The minimum Gasteiger partial charge on any atom is -0.451 e. The van der Waals surface area contributed by atoms with Crippen LogP contribution < -0.4 is 0 Å². The number of esters is 2. The largest absolute Gasteiger partial charge is 0.451 e. The van der Waals surface area contributed by atoms with Crippen LogP contribution in [0.3, 0.4) is 0 Å². The van der Waals surface area contributed by atoms with Gasteiger partial charge in [-0.2, -0.15) is 13.2 Å². The molecule has 234 valence electrons. The fraction of sp³-hybridized carbons (Fsp3) is 0.278. The molecule has 45 heavy (non-hydrogen) atoms.